The second kappa shape index (κ2) is 12.3. The number of hydrogen-bond donors (Lipinski definition) is 0. The summed E-state index contributed by atoms with van der Waals surface area (Å²) in [6.07, 6.45) is 0. The van der Waals surface area contributed by atoms with Crippen molar-refractivity contribution in [3.63, 3.8) is 0 Å². The van der Waals surface area contributed by atoms with E-state index in [0.717, 1.165) is 99.2 Å². The lowest BCUT2D eigenvalue weighted by Gasteiger charge is -2.14. The maximum atomic E-state index is 6.62. The highest BCUT2D eigenvalue weighted by Gasteiger charge is 2.24. The number of rotatable bonds is 5. The normalized spacial score (nSPS) is 11.9. The average Bonchev–Trinajstić information content (AvgIpc) is 3.97. The molecule has 0 saturated heterocycles. The number of aromatic nitrogens is 4. The maximum absolute atomic E-state index is 6.62. The van der Waals surface area contributed by atoms with Gasteiger partial charge in [0.05, 0.1) is 27.7 Å². The molecule has 6 nitrogen and oxygen atoms in total. The fourth-order valence-electron chi connectivity index (χ4n) is 8.60. The predicted octanol–water partition coefficient (Wildman–Crippen LogP) is 13.4. The van der Waals surface area contributed by atoms with E-state index in [9.17, 15) is 0 Å². The summed E-state index contributed by atoms with van der Waals surface area (Å²) in [5, 5.41) is 6.42. The molecule has 12 rings (SSSR count). The van der Waals surface area contributed by atoms with Crippen molar-refractivity contribution in [2.24, 2.45) is 0 Å². The van der Waals surface area contributed by atoms with E-state index in [0.29, 0.717) is 17.5 Å². The Bertz CT molecular complexity index is 3530. The lowest BCUT2D eigenvalue weighted by molar-refractivity contribution is 0.668. The Morgan fingerprint density at radius 1 is 0.351 bits per heavy atom. The molecular weight excluding hydrogens is 701 g/mol. The molecule has 0 aliphatic heterocycles. The molecule has 0 radical (unpaired) electrons. The van der Waals surface area contributed by atoms with E-state index in [-0.39, 0.29) is 0 Å². The highest BCUT2D eigenvalue weighted by Crippen LogP contribution is 2.44. The Labute approximate surface area is 325 Å². The van der Waals surface area contributed by atoms with Crippen molar-refractivity contribution in [3.8, 4) is 51.0 Å². The maximum Gasteiger partial charge on any atom is 0.167 e. The van der Waals surface area contributed by atoms with Crippen LogP contribution in [0, 0.1) is 0 Å². The number of benzene rings is 8. The van der Waals surface area contributed by atoms with Crippen molar-refractivity contribution >= 4 is 65.7 Å². The zero-order valence-electron chi connectivity index (χ0n) is 30.4. The van der Waals surface area contributed by atoms with Gasteiger partial charge in [-0.2, -0.15) is 0 Å². The summed E-state index contributed by atoms with van der Waals surface area (Å²) < 4.78 is 15.5. The van der Waals surface area contributed by atoms with E-state index in [4.69, 9.17) is 23.8 Å². The van der Waals surface area contributed by atoms with Crippen LogP contribution in [0.3, 0.4) is 0 Å². The van der Waals surface area contributed by atoms with Crippen molar-refractivity contribution in [2.45, 2.75) is 0 Å². The minimum Gasteiger partial charge on any atom is -0.456 e. The van der Waals surface area contributed by atoms with Crippen LogP contribution >= 0.6 is 0 Å². The molecule has 0 atom stereocenters. The first-order chi connectivity index (χ1) is 28.3. The number of para-hydroxylation sites is 4. The Balaban J connectivity index is 1.18. The molecule has 0 aliphatic carbocycles. The number of fused-ring (bicyclic) bond motifs is 9. The van der Waals surface area contributed by atoms with E-state index in [1.807, 2.05) is 60.7 Å². The van der Waals surface area contributed by atoms with E-state index in [1.165, 1.54) is 0 Å². The van der Waals surface area contributed by atoms with Crippen LogP contribution in [0.1, 0.15) is 0 Å². The van der Waals surface area contributed by atoms with Gasteiger partial charge in [0.25, 0.3) is 0 Å². The smallest absolute Gasteiger partial charge is 0.167 e. The monoisotopic (exact) mass is 730 g/mol. The summed E-state index contributed by atoms with van der Waals surface area (Å²) in [6, 6.07) is 62.5. The summed E-state index contributed by atoms with van der Waals surface area (Å²) >= 11 is 0. The van der Waals surface area contributed by atoms with Crippen LogP contribution in [0.4, 0.5) is 0 Å². The third-order valence-electron chi connectivity index (χ3n) is 11.1. The predicted molar refractivity (Wildman–Crippen MR) is 230 cm³/mol. The van der Waals surface area contributed by atoms with Crippen molar-refractivity contribution in [3.05, 3.63) is 182 Å². The minimum atomic E-state index is 0.540. The lowest BCUT2D eigenvalue weighted by atomic mass is 9.98. The van der Waals surface area contributed by atoms with E-state index >= 15 is 0 Å². The van der Waals surface area contributed by atoms with Crippen molar-refractivity contribution in [1.29, 1.82) is 0 Å². The number of furan rings is 2. The van der Waals surface area contributed by atoms with Crippen LogP contribution in [0.5, 0.6) is 0 Å². The molecule has 12 aromatic rings. The molecule has 4 heterocycles. The van der Waals surface area contributed by atoms with Crippen molar-refractivity contribution in [1.82, 2.24) is 19.5 Å². The molecule has 4 aromatic heterocycles. The van der Waals surface area contributed by atoms with Gasteiger partial charge in [0, 0.05) is 38.1 Å². The topological polar surface area (TPSA) is 69.9 Å². The van der Waals surface area contributed by atoms with Gasteiger partial charge in [-0.15, -0.1) is 0 Å². The summed E-state index contributed by atoms with van der Waals surface area (Å²) in [4.78, 5) is 15.7. The van der Waals surface area contributed by atoms with Crippen molar-refractivity contribution < 1.29 is 8.83 Å². The fourth-order valence-corrected chi connectivity index (χ4v) is 8.60. The second-order valence-corrected chi connectivity index (χ2v) is 14.3. The molecule has 0 fully saturated rings. The molecule has 0 bridgehead atoms. The van der Waals surface area contributed by atoms with Crippen LogP contribution in [0.15, 0.2) is 191 Å². The molecule has 0 aliphatic rings. The molecule has 0 amide bonds. The Hall–Kier alpha value is -7.83. The molecule has 0 saturated carbocycles. The first-order valence-corrected chi connectivity index (χ1v) is 19.0. The van der Waals surface area contributed by atoms with Gasteiger partial charge in [-0.3, -0.25) is 0 Å². The van der Waals surface area contributed by atoms with Crippen LogP contribution in [0.25, 0.3) is 117 Å². The van der Waals surface area contributed by atoms with Crippen LogP contribution < -0.4 is 0 Å². The molecular formula is C51H30N4O2. The molecule has 266 valence electrons. The van der Waals surface area contributed by atoms with E-state index in [1.54, 1.807) is 0 Å². The van der Waals surface area contributed by atoms with Crippen LogP contribution in [-0.2, 0) is 0 Å². The third kappa shape index (κ3) is 4.81. The largest absolute Gasteiger partial charge is 0.456 e. The standard InChI is InChI=1S/C51H30N4O2/c1-3-15-31(16-4-1)33-21-13-29-43-45(33)46-41(27-14-30-44(46)56-43)55-40-26-9-7-19-34(40)36-22-11-24-38(47(36)55)50-52-49(32-17-5-2-6-18-32)53-51(54-50)39-25-12-23-37-35-20-8-10-28-42(35)57-48(37)39/h1-30H. The van der Waals surface area contributed by atoms with Gasteiger partial charge in [-0.25, -0.2) is 15.0 Å². The Kier molecular flexibility index (Phi) is 6.83. The van der Waals surface area contributed by atoms with Gasteiger partial charge >= 0.3 is 0 Å². The highest BCUT2D eigenvalue weighted by atomic mass is 16.3. The first kappa shape index (κ1) is 31.5. The average molecular weight is 731 g/mol. The van der Waals surface area contributed by atoms with Gasteiger partial charge in [-0.1, -0.05) is 140 Å². The molecule has 0 unspecified atom stereocenters. The van der Waals surface area contributed by atoms with Gasteiger partial charge in [0.15, 0.2) is 17.5 Å². The van der Waals surface area contributed by atoms with E-state index in [2.05, 4.69) is 126 Å². The number of hydrogen-bond acceptors (Lipinski definition) is 5. The van der Waals surface area contributed by atoms with Gasteiger partial charge in [0.1, 0.15) is 22.3 Å². The van der Waals surface area contributed by atoms with Crippen molar-refractivity contribution in [2.75, 3.05) is 0 Å². The molecule has 6 heteroatoms. The van der Waals surface area contributed by atoms with Crippen LogP contribution in [0.2, 0.25) is 0 Å². The summed E-state index contributed by atoms with van der Waals surface area (Å²) in [5.74, 6) is 1.69. The second-order valence-electron chi connectivity index (χ2n) is 14.3. The Morgan fingerprint density at radius 3 is 1.74 bits per heavy atom. The van der Waals surface area contributed by atoms with Gasteiger partial charge in [-0.05, 0) is 53.6 Å². The summed E-state index contributed by atoms with van der Waals surface area (Å²) in [7, 11) is 0. The van der Waals surface area contributed by atoms with E-state index < -0.39 is 0 Å². The molecule has 57 heavy (non-hydrogen) atoms. The van der Waals surface area contributed by atoms with Gasteiger partial charge in [0.2, 0.25) is 0 Å². The SMILES string of the molecule is c1ccc(-c2nc(-c3cccc4c3oc3ccccc34)nc(-c3cccc4c5ccccc5n(-c5cccc6oc7cccc(-c8ccccc8)c7c56)c34)n2)cc1. The first-order valence-electron chi connectivity index (χ1n) is 19.0. The van der Waals surface area contributed by atoms with Gasteiger partial charge < -0.3 is 13.4 Å². The summed E-state index contributed by atoms with van der Waals surface area (Å²) in [6.45, 7) is 0. The quantitative estimate of drug-likeness (QED) is 0.176. The zero-order valence-corrected chi connectivity index (χ0v) is 30.4. The Morgan fingerprint density at radius 2 is 0.912 bits per heavy atom. The molecule has 8 aromatic carbocycles. The highest BCUT2D eigenvalue weighted by molar-refractivity contribution is 6.19. The molecule has 0 spiro atoms. The third-order valence-corrected chi connectivity index (χ3v) is 11.1. The summed E-state index contributed by atoms with van der Waals surface area (Å²) in [5.41, 5.74) is 11.2. The number of nitrogens with zero attached hydrogens (tertiary/aromatic N) is 4. The van der Waals surface area contributed by atoms with Crippen LogP contribution in [-0.4, -0.2) is 19.5 Å². The lowest BCUT2D eigenvalue weighted by Crippen LogP contribution is -2.02. The zero-order chi connectivity index (χ0) is 37.5. The fraction of sp³-hybridized carbons (Fsp3) is 0. The molecule has 0 N–H and O–H groups in total. The minimum absolute atomic E-state index is 0.540.